The Kier molecular flexibility index (Phi) is 5.77. The summed E-state index contributed by atoms with van der Waals surface area (Å²) in [4.78, 5) is 0. The maximum absolute atomic E-state index is 9.43. The van der Waals surface area contributed by atoms with Gasteiger partial charge < -0.3 is 10.4 Å². The minimum absolute atomic E-state index is 0.00750. The quantitative estimate of drug-likeness (QED) is 0.585. The molecule has 4 heteroatoms. The van der Waals surface area contributed by atoms with Crippen molar-refractivity contribution in [2.24, 2.45) is 10.6 Å². The third-order valence-corrected chi connectivity index (χ3v) is 4.40. The summed E-state index contributed by atoms with van der Waals surface area (Å²) in [7, 11) is 0. The summed E-state index contributed by atoms with van der Waals surface area (Å²) in [6, 6.07) is 0. The van der Waals surface area contributed by atoms with E-state index in [1.54, 1.807) is 0 Å². The van der Waals surface area contributed by atoms with Crippen molar-refractivity contribution < 1.29 is 5.11 Å². The van der Waals surface area contributed by atoms with E-state index in [9.17, 15) is 5.11 Å². The topological polar surface area (TPSA) is 58.3 Å². The molecule has 0 aromatic carbocycles. The van der Waals surface area contributed by atoms with Gasteiger partial charge in [-0.05, 0) is 71.4 Å². The van der Waals surface area contributed by atoms with Crippen LogP contribution in [-0.4, -0.2) is 29.0 Å². The van der Waals surface area contributed by atoms with Crippen molar-refractivity contribution in [3.05, 3.63) is 0 Å². The van der Waals surface area contributed by atoms with Gasteiger partial charge in [-0.2, -0.15) is 0 Å². The molecule has 0 bridgehead atoms. The molecular formula is C13H28N2OS. The van der Waals surface area contributed by atoms with Gasteiger partial charge in [0.25, 0.3) is 0 Å². The number of aliphatic hydroxyl groups is 1. The van der Waals surface area contributed by atoms with Gasteiger partial charge in [0.2, 0.25) is 0 Å². The van der Waals surface area contributed by atoms with Gasteiger partial charge >= 0.3 is 0 Å². The number of piperidine rings is 1. The Hall–Kier alpha value is 0.230. The SMILES string of the molecule is CC(C)(C)SN.OC1CCC2(CCNCC2)C1. The first-order chi connectivity index (χ1) is 7.87. The third kappa shape index (κ3) is 5.60. The average Bonchev–Trinajstić information content (AvgIpc) is 2.61. The molecule has 2 fully saturated rings. The zero-order chi connectivity index (χ0) is 12.9. The second kappa shape index (κ2) is 6.41. The average molecular weight is 260 g/mol. The molecule has 1 atom stereocenters. The first kappa shape index (κ1) is 15.3. The van der Waals surface area contributed by atoms with E-state index in [1.807, 2.05) is 0 Å². The van der Waals surface area contributed by atoms with Crippen LogP contribution >= 0.6 is 11.9 Å². The molecule has 0 amide bonds. The highest BCUT2D eigenvalue weighted by Crippen LogP contribution is 2.44. The fourth-order valence-electron chi connectivity index (χ4n) is 2.59. The Morgan fingerprint density at radius 2 is 1.76 bits per heavy atom. The zero-order valence-electron chi connectivity index (χ0n) is 11.5. The van der Waals surface area contributed by atoms with Crippen molar-refractivity contribution in [3.63, 3.8) is 0 Å². The lowest BCUT2D eigenvalue weighted by Gasteiger charge is -2.33. The van der Waals surface area contributed by atoms with E-state index in [0.717, 1.165) is 25.9 Å². The number of nitrogens with one attached hydrogen (secondary N) is 1. The van der Waals surface area contributed by atoms with Crippen molar-refractivity contribution in [1.29, 1.82) is 0 Å². The van der Waals surface area contributed by atoms with Gasteiger partial charge in [-0.1, -0.05) is 11.9 Å². The summed E-state index contributed by atoms with van der Waals surface area (Å²) >= 11 is 1.38. The van der Waals surface area contributed by atoms with Crippen LogP contribution in [0.4, 0.5) is 0 Å². The molecule has 2 aliphatic rings. The molecule has 0 aromatic rings. The molecule has 1 heterocycles. The van der Waals surface area contributed by atoms with Crippen LogP contribution in [0.25, 0.3) is 0 Å². The number of hydrogen-bond acceptors (Lipinski definition) is 4. The summed E-state index contributed by atoms with van der Waals surface area (Å²) in [5, 5.41) is 18.0. The van der Waals surface area contributed by atoms with E-state index in [1.165, 1.54) is 31.2 Å². The lowest BCUT2D eigenvalue weighted by molar-refractivity contribution is 0.140. The number of hydrogen-bond donors (Lipinski definition) is 3. The van der Waals surface area contributed by atoms with E-state index >= 15 is 0 Å². The molecule has 1 saturated heterocycles. The fourth-order valence-corrected chi connectivity index (χ4v) is 2.59. The van der Waals surface area contributed by atoms with Crippen LogP contribution in [0.3, 0.4) is 0 Å². The van der Waals surface area contributed by atoms with Gasteiger partial charge in [0.1, 0.15) is 0 Å². The molecular weight excluding hydrogens is 232 g/mol. The Morgan fingerprint density at radius 3 is 2.12 bits per heavy atom. The van der Waals surface area contributed by atoms with Crippen molar-refractivity contribution in [2.75, 3.05) is 13.1 Å². The van der Waals surface area contributed by atoms with E-state index in [-0.39, 0.29) is 10.9 Å². The number of rotatable bonds is 0. The van der Waals surface area contributed by atoms with E-state index in [0.29, 0.717) is 5.41 Å². The maximum atomic E-state index is 9.43. The van der Waals surface area contributed by atoms with Crippen LogP contribution in [0.15, 0.2) is 0 Å². The molecule has 102 valence electrons. The molecule has 0 radical (unpaired) electrons. The molecule has 17 heavy (non-hydrogen) atoms. The minimum Gasteiger partial charge on any atom is -0.393 e. The lowest BCUT2D eigenvalue weighted by atomic mass is 9.77. The smallest absolute Gasteiger partial charge is 0.0545 e. The van der Waals surface area contributed by atoms with Crippen LogP contribution in [0.5, 0.6) is 0 Å². The van der Waals surface area contributed by atoms with Crippen molar-refractivity contribution in [1.82, 2.24) is 5.32 Å². The Labute approximate surface area is 110 Å². The highest BCUT2D eigenvalue weighted by atomic mass is 32.2. The second-order valence-electron chi connectivity index (χ2n) is 6.38. The predicted octanol–water partition coefficient (Wildman–Crippen LogP) is 2.29. The van der Waals surface area contributed by atoms with Crippen LogP contribution in [0.2, 0.25) is 0 Å². The summed E-state index contributed by atoms with van der Waals surface area (Å²) in [5.74, 6) is 0. The first-order valence-electron chi connectivity index (χ1n) is 6.64. The zero-order valence-corrected chi connectivity index (χ0v) is 12.3. The van der Waals surface area contributed by atoms with E-state index < -0.39 is 0 Å². The molecule has 0 aromatic heterocycles. The molecule has 1 aliphatic heterocycles. The summed E-state index contributed by atoms with van der Waals surface area (Å²) in [6.45, 7) is 8.56. The third-order valence-electron chi connectivity index (χ3n) is 3.69. The Morgan fingerprint density at radius 1 is 1.24 bits per heavy atom. The monoisotopic (exact) mass is 260 g/mol. The second-order valence-corrected chi connectivity index (χ2v) is 7.84. The van der Waals surface area contributed by atoms with Crippen molar-refractivity contribution in [2.45, 2.75) is 63.7 Å². The minimum atomic E-state index is 0.00750. The summed E-state index contributed by atoms with van der Waals surface area (Å²) in [6.07, 6.45) is 5.94. The molecule has 1 aliphatic carbocycles. The Bertz CT molecular complexity index is 216. The van der Waals surface area contributed by atoms with E-state index in [2.05, 4.69) is 26.1 Å². The van der Waals surface area contributed by atoms with Gasteiger partial charge in [-0.25, -0.2) is 0 Å². The molecule has 2 rings (SSSR count). The van der Waals surface area contributed by atoms with Crippen LogP contribution < -0.4 is 10.5 Å². The standard InChI is InChI=1S/C9H17NO.C4H11NS/c11-8-1-2-9(7-8)3-5-10-6-4-9;1-4(2,3)6-5/h8,10-11H,1-7H2;5H2,1-3H3. The van der Waals surface area contributed by atoms with E-state index in [4.69, 9.17) is 5.14 Å². The maximum Gasteiger partial charge on any atom is 0.0545 e. The predicted molar refractivity (Wildman–Crippen MR) is 75.9 cm³/mol. The van der Waals surface area contributed by atoms with Crippen LogP contribution in [0, 0.1) is 5.41 Å². The fraction of sp³-hybridized carbons (Fsp3) is 1.00. The largest absolute Gasteiger partial charge is 0.393 e. The first-order valence-corrected chi connectivity index (χ1v) is 7.52. The van der Waals surface area contributed by atoms with Gasteiger partial charge in [0, 0.05) is 4.75 Å². The molecule has 1 spiro atoms. The number of aliphatic hydroxyl groups excluding tert-OH is 1. The molecule has 1 unspecified atom stereocenters. The molecule has 3 nitrogen and oxygen atoms in total. The Balaban J connectivity index is 0.000000209. The summed E-state index contributed by atoms with van der Waals surface area (Å²) < 4.78 is 0.236. The lowest BCUT2D eigenvalue weighted by Crippen LogP contribution is -2.35. The number of nitrogens with two attached hydrogens (primary N) is 1. The normalized spacial score (nSPS) is 27.7. The molecule has 4 N–H and O–H groups in total. The highest BCUT2D eigenvalue weighted by Gasteiger charge is 2.38. The van der Waals surface area contributed by atoms with Crippen LogP contribution in [0.1, 0.15) is 52.9 Å². The molecule has 1 saturated carbocycles. The van der Waals surface area contributed by atoms with Crippen LogP contribution in [-0.2, 0) is 0 Å². The summed E-state index contributed by atoms with van der Waals surface area (Å²) in [5.41, 5.74) is 0.532. The van der Waals surface area contributed by atoms with Crippen molar-refractivity contribution >= 4 is 11.9 Å². The van der Waals surface area contributed by atoms with Gasteiger partial charge in [0.15, 0.2) is 0 Å². The van der Waals surface area contributed by atoms with Gasteiger partial charge in [-0.3, -0.25) is 5.14 Å². The highest BCUT2D eigenvalue weighted by molar-refractivity contribution is 7.98. The van der Waals surface area contributed by atoms with Gasteiger partial charge in [-0.15, -0.1) is 0 Å². The van der Waals surface area contributed by atoms with Crippen molar-refractivity contribution in [3.8, 4) is 0 Å². The van der Waals surface area contributed by atoms with Gasteiger partial charge in [0.05, 0.1) is 6.10 Å².